The Morgan fingerprint density at radius 3 is 2.65 bits per heavy atom. The van der Waals surface area contributed by atoms with Crippen LogP contribution in [0.4, 0.5) is 4.39 Å². The largest absolute Gasteiger partial charge is 0.435 e. The van der Waals surface area contributed by atoms with E-state index < -0.39 is 25.7 Å². The van der Waals surface area contributed by atoms with E-state index in [1.165, 1.54) is 6.07 Å². The molecule has 2 aromatic rings. The average Bonchev–Trinajstić information content (AvgIpc) is 2.63. The van der Waals surface area contributed by atoms with Gasteiger partial charge in [-0.2, -0.15) is 0 Å². The highest BCUT2D eigenvalue weighted by atomic mass is 35.5. The van der Waals surface area contributed by atoms with Crippen LogP contribution in [0.15, 0.2) is 36.9 Å². The molecule has 9 heteroatoms. The molecule has 0 saturated carbocycles. The van der Waals surface area contributed by atoms with Crippen LogP contribution in [0.1, 0.15) is 22.9 Å². The van der Waals surface area contributed by atoms with E-state index in [4.69, 9.17) is 39.5 Å². The molecule has 1 aromatic heterocycles. The van der Waals surface area contributed by atoms with Gasteiger partial charge in [0, 0.05) is 0 Å². The van der Waals surface area contributed by atoms with Crippen molar-refractivity contribution in [2.45, 2.75) is 6.10 Å². The predicted octanol–water partition coefficient (Wildman–Crippen LogP) is 4.58. The molecule has 0 fully saturated rings. The molecule has 0 aliphatic heterocycles. The third-order valence-corrected chi connectivity index (χ3v) is 4.33. The molecule has 0 bridgehead atoms. The van der Waals surface area contributed by atoms with Crippen molar-refractivity contribution in [3.8, 4) is 0 Å². The molecule has 1 unspecified atom stereocenters. The van der Waals surface area contributed by atoms with Gasteiger partial charge in [-0.05, 0) is 17.2 Å². The number of halogens is 4. The van der Waals surface area contributed by atoms with Gasteiger partial charge < -0.3 is 14.6 Å². The number of aliphatic hydroxyl groups excluding tert-OH is 1. The molecule has 1 atom stereocenters. The van der Waals surface area contributed by atoms with Crippen molar-refractivity contribution in [1.29, 1.82) is 0 Å². The first-order valence-electron chi connectivity index (χ1n) is 7.15. The number of alkyl halides is 1. The van der Waals surface area contributed by atoms with E-state index in [1.807, 2.05) is 0 Å². The molecule has 0 radical (unpaired) electrons. The number of pyridine rings is 1. The van der Waals surface area contributed by atoms with Crippen molar-refractivity contribution in [1.82, 2.24) is 4.98 Å². The topological polar surface area (TPSA) is 68.7 Å². The summed E-state index contributed by atoms with van der Waals surface area (Å²) in [5.41, 5.74) is 0.608. The van der Waals surface area contributed by atoms with E-state index in [0.29, 0.717) is 11.1 Å². The van der Waals surface area contributed by atoms with Crippen LogP contribution < -0.4 is 0 Å². The van der Waals surface area contributed by atoms with Crippen molar-refractivity contribution < 1.29 is 23.8 Å². The van der Waals surface area contributed by atoms with Crippen molar-refractivity contribution in [3.63, 3.8) is 0 Å². The van der Waals surface area contributed by atoms with E-state index in [-0.39, 0.29) is 26.5 Å². The zero-order valence-electron chi connectivity index (χ0n) is 13.2. The number of hydrogen-bond donors (Lipinski definition) is 1. The van der Waals surface area contributed by atoms with Crippen molar-refractivity contribution >= 4 is 46.3 Å². The van der Waals surface area contributed by atoms with Gasteiger partial charge in [-0.25, -0.2) is 14.2 Å². The lowest BCUT2D eigenvalue weighted by Crippen LogP contribution is -2.13. The molecular formula is C17H13Cl3FNO4. The number of aromatic nitrogens is 1. The maximum Gasteiger partial charge on any atom is 0.340 e. The lowest BCUT2D eigenvalue weighted by molar-refractivity contribution is -0.152. The van der Waals surface area contributed by atoms with Crippen LogP contribution in [0, 0.1) is 0 Å². The number of hydrogen-bond acceptors (Lipinski definition) is 5. The van der Waals surface area contributed by atoms with Crippen LogP contribution in [0.5, 0.6) is 0 Å². The SMILES string of the molecule is C=C(C(=O)OCOCF)c1ccccc1C(O)c1nc(Cl)c(Cl)cc1Cl. The lowest BCUT2D eigenvalue weighted by Gasteiger charge is -2.17. The number of aliphatic hydroxyl groups is 1. The van der Waals surface area contributed by atoms with Gasteiger partial charge in [0.2, 0.25) is 0 Å². The Hall–Kier alpha value is -1.70. The van der Waals surface area contributed by atoms with Gasteiger partial charge in [0.1, 0.15) is 11.3 Å². The summed E-state index contributed by atoms with van der Waals surface area (Å²) in [6, 6.07) is 7.78. The summed E-state index contributed by atoms with van der Waals surface area (Å²) in [4.78, 5) is 16.0. The fraction of sp³-hybridized carbons (Fsp3) is 0.176. The first-order valence-corrected chi connectivity index (χ1v) is 8.28. The van der Waals surface area contributed by atoms with Crippen LogP contribution in [-0.4, -0.2) is 29.7 Å². The van der Waals surface area contributed by atoms with E-state index in [2.05, 4.69) is 16.3 Å². The summed E-state index contributed by atoms with van der Waals surface area (Å²) >= 11 is 17.8. The molecule has 1 aromatic carbocycles. The van der Waals surface area contributed by atoms with Gasteiger partial charge in [0.25, 0.3) is 0 Å². The van der Waals surface area contributed by atoms with E-state index in [9.17, 15) is 14.3 Å². The number of esters is 1. The quantitative estimate of drug-likeness (QED) is 0.233. The number of rotatable bonds is 7. The third kappa shape index (κ3) is 4.72. The Balaban J connectivity index is 2.35. The van der Waals surface area contributed by atoms with E-state index >= 15 is 0 Å². The molecule has 0 amide bonds. The van der Waals surface area contributed by atoms with Gasteiger partial charge in [0.05, 0.1) is 21.3 Å². The van der Waals surface area contributed by atoms with Crippen LogP contribution in [0.3, 0.4) is 0 Å². The Bertz CT molecular complexity index is 832. The van der Waals surface area contributed by atoms with Gasteiger partial charge in [-0.15, -0.1) is 0 Å². The normalized spacial score (nSPS) is 11.9. The summed E-state index contributed by atoms with van der Waals surface area (Å²) in [7, 11) is 0. The second-order valence-electron chi connectivity index (χ2n) is 4.96. The zero-order valence-corrected chi connectivity index (χ0v) is 15.5. The molecule has 2 rings (SSSR count). The zero-order chi connectivity index (χ0) is 19.3. The molecule has 1 N–H and O–H groups in total. The Morgan fingerprint density at radius 1 is 1.27 bits per heavy atom. The average molecular weight is 421 g/mol. The van der Waals surface area contributed by atoms with Gasteiger partial charge in [-0.3, -0.25) is 0 Å². The summed E-state index contributed by atoms with van der Waals surface area (Å²) in [6.07, 6.45) is -1.31. The number of carbonyl (C=O) groups is 1. The Morgan fingerprint density at radius 2 is 1.96 bits per heavy atom. The highest BCUT2D eigenvalue weighted by Crippen LogP contribution is 2.34. The standard InChI is InChI=1S/C17H13Cl3FNO4/c1-9(17(24)26-8-25-7-21)10-4-2-3-5-11(10)15(23)14-12(18)6-13(19)16(20)22-14/h2-6,15,23H,1,7-8H2. The minimum atomic E-state index is -1.31. The summed E-state index contributed by atoms with van der Waals surface area (Å²) in [5.74, 6) is -0.828. The summed E-state index contributed by atoms with van der Waals surface area (Å²) < 4.78 is 21.0. The number of ether oxygens (including phenoxy) is 2. The third-order valence-electron chi connectivity index (χ3n) is 3.35. The minimum Gasteiger partial charge on any atom is -0.435 e. The maximum absolute atomic E-state index is 12.0. The molecule has 0 aliphatic rings. The lowest BCUT2D eigenvalue weighted by atomic mass is 9.95. The first kappa shape index (κ1) is 20.6. The fourth-order valence-electron chi connectivity index (χ4n) is 2.13. The van der Waals surface area contributed by atoms with Crippen LogP contribution in [0.2, 0.25) is 15.2 Å². The maximum atomic E-state index is 12.0. The van der Waals surface area contributed by atoms with Crippen LogP contribution in [0.25, 0.3) is 5.57 Å². The van der Waals surface area contributed by atoms with Crippen LogP contribution in [-0.2, 0) is 14.3 Å². The van der Waals surface area contributed by atoms with Gasteiger partial charge in [0.15, 0.2) is 13.7 Å². The van der Waals surface area contributed by atoms with E-state index in [1.54, 1.807) is 24.3 Å². The molecule has 26 heavy (non-hydrogen) atoms. The molecule has 0 saturated heterocycles. The van der Waals surface area contributed by atoms with Gasteiger partial charge in [-0.1, -0.05) is 65.6 Å². The van der Waals surface area contributed by atoms with Gasteiger partial charge >= 0.3 is 5.97 Å². The number of carbonyl (C=O) groups excluding carboxylic acids is 1. The molecule has 1 heterocycles. The molecular weight excluding hydrogens is 408 g/mol. The molecule has 0 spiro atoms. The number of benzene rings is 1. The second kappa shape index (κ2) is 9.30. The second-order valence-corrected chi connectivity index (χ2v) is 6.13. The van der Waals surface area contributed by atoms with E-state index in [0.717, 1.165) is 0 Å². The molecule has 0 aliphatic carbocycles. The highest BCUT2D eigenvalue weighted by Gasteiger charge is 2.23. The fourth-order valence-corrected chi connectivity index (χ4v) is 2.74. The predicted molar refractivity (Wildman–Crippen MR) is 96.8 cm³/mol. The first-order chi connectivity index (χ1) is 12.4. The Kier molecular flexibility index (Phi) is 7.37. The minimum absolute atomic E-state index is 0.0239. The monoisotopic (exact) mass is 419 g/mol. The van der Waals surface area contributed by atoms with Crippen molar-refractivity contribution in [3.05, 3.63) is 68.9 Å². The number of nitrogens with zero attached hydrogens (tertiary/aromatic N) is 1. The highest BCUT2D eigenvalue weighted by molar-refractivity contribution is 6.42. The Labute approximate surface area is 163 Å². The summed E-state index contributed by atoms with van der Waals surface area (Å²) in [6.45, 7) is 2.02. The molecule has 5 nitrogen and oxygen atoms in total. The van der Waals surface area contributed by atoms with Crippen molar-refractivity contribution in [2.24, 2.45) is 0 Å². The molecule has 138 valence electrons. The summed E-state index contributed by atoms with van der Waals surface area (Å²) in [5, 5.41) is 10.9. The smallest absolute Gasteiger partial charge is 0.340 e. The van der Waals surface area contributed by atoms with Crippen LogP contribution >= 0.6 is 34.8 Å². The van der Waals surface area contributed by atoms with Crippen molar-refractivity contribution in [2.75, 3.05) is 13.7 Å².